The highest BCUT2D eigenvalue weighted by molar-refractivity contribution is 7.92. The number of hydrogen-bond acceptors (Lipinski definition) is 4. The number of benzene rings is 2. The molecule has 0 saturated carbocycles. The van der Waals surface area contributed by atoms with Crippen LogP contribution in [0.25, 0.3) is 0 Å². The van der Waals surface area contributed by atoms with E-state index in [0.717, 1.165) is 11.3 Å². The van der Waals surface area contributed by atoms with E-state index in [9.17, 15) is 13.2 Å². The van der Waals surface area contributed by atoms with E-state index in [2.05, 4.69) is 5.32 Å². The van der Waals surface area contributed by atoms with Gasteiger partial charge in [-0.3, -0.25) is 9.10 Å². The summed E-state index contributed by atoms with van der Waals surface area (Å²) in [5, 5.41) is 2.92. The fourth-order valence-corrected chi connectivity index (χ4v) is 3.28. The van der Waals surface area contributed by atoms with Gasteiger partial charge in [0.1, 0.15) is 5.75 Å². The Morgan fingerprint density at radius 3 is 2.42 bits per heavy atom. The Labute approximate surface area is 154 Å². The largest absolute Gasteiger partial charge is 0.497 e. The number of anilines is 1. The van der Waals surface area contributed by atoms with Crippen molar-refractivity contribution in [1.82, 2.24) is 5.32 Å². The maximum atomic E-state index is 12.5. The van der Waals surface area contributed by atoms with Crippen LogP contribution >= 0.6 is 0 Å². The number of rotatable bonds is 7. The van der Waals surface area contributed by atoms with Crippen LogP contribution in [-0.4, -0.2) is 34.2 Å². The van der Waals surface area contributed by atoms with Gasteiger partial charge in [-0.1, -0.05) is 18.2 Å². The van der Waals surface area contributed by atoms with Crippen molar-refractivity contribution >= 4 is 21.6 Å². The normalized spacial score (nSPS) is 12.3. The summed E-state index contributed by atoms with van der Waals surface area (Å²) >= 11 is 0. The predicted octanol–water partition coefficient (Wildman–Crippen LogP) is 2.97. The molecule has 2 rings (SSSR count). The molecule has 140 valence electrons. The number of amides is 1. The zero-order chi connectivity index (χ0) is 19.3. The molecule has 0 radical (unpaired) electrons. The number of ether oxygens (including phenoxy) is 1. The molecule has 1 amide bonds. The third kappa shape index (κ3) is 4.54. The lowest BCUT2D eigenvalue weighted by molar-refractivity contribution is 0.0940. The molecule has 0 bridgehead atoms. The molecule has 0 aliphatic rings. The first-order chi connectivity index (χ1) is 12.3. The first-order valence-electron chi connectivity index (χ1n) is 8.30. The van der Waals surface area contributed by atoms with Gasteiger partial charge < -0.3 is 10.1 Å². The summed E-state index contributed by atoms with van der Waals surface area (Å²) in [5.74, 6) is 0.478. The molecule has 0 aliphatic carbocycles. The molecule has 2 aromatic carbocycles. The first-order valence-corrected chi connectivity index (χ1v) is 9.91. The first kappa shape index (κ1) is 19.8. The molecule has 0 saturated heterocycles. The quantitative estimate of drug-likeness (QED) is 0.806. The van der Waals surface area contributed by atoms with Crippen LogP contribution in [0, 0.1) is 0 Å². The molecule has 6 nitrogen and oxygen atoms in total. The van der Waals surface area contributed by atoms with Gasteiger partial charge in [0.2, 0.25) is 10.0 Å². The third-order valence-corrected chi connectivity index (χ3v) is 5.99. The van der Waals surface area contributed by atoms with E-state index < -0.39 is 10.0 Å². The Hall–Kier alpha value is -2.54. The highest BCUT2D eigenvalue weighted by Gasteiger charge is 2.18. The van der Waals surface area contributed by atoms with Crippen molar-refractivity contribution in [2.45, 2.75) is 19.9 Å². The van der Waals surface area contributed by atoms with Gasteiger partial charge in [-0.15, -0.1) is 0 Å². The molecule has 1 atom stereocenters. The Balaban J connectivity index is 2.15. The average Bonchev–Trinajstić information content (AvgIpc) is 2.67. The van der Waals surface area contributed by atoms with E-state index in [-0.39, 0.29) is 17.7 Å². The maximum Gasteiger partial charge on any atom is 0.251 e. The van der Waals surface area contributed by atoms with Crippen molar-refractivity contribution in [1.29, 1.82) is 0 Å². The minimum absolute atomic E-state index is 0.00553. The third-order valence-electron chi connectivity index (χ3n) is 4.22. The van der Waals surface area contributed by atoms with Crippen LogP contribution in [0.2, 0.25) is 0 Å². The topological polar surface area (TPSA) is 75.7 Å². The summed E-state index contributed by atoms with van der Waals surface area (Å²) in [5.41, 5.74) is 1.80. The number of methoxy groups -OCH3 is 1. The molecule has 26 heavy (non-hydrogen) atoms. The molecule has 0 aliphatic heterocycles. The lowest BCUT2D eigenvalue weighted by Crippen LogP contribution is -2.29. The van der Waals surface area contributed by atoms with Crippen molar-refractivity contribution in [2.75, 3.05) is 24.2 Å². The fourth-order valence-electron chi connectivity index (χ4n) is 2.45. The number of carbonyl (C=O) groups is 1. The average molecular weight is 376 g/mol. The Morgan fingerprint density at radius 2 is 1.85 bits per heavy atom. The van der Waals surface area contributed by atoms with E-state index in [0.29, 0.717) is 11.3 Å². The van der Waals surface area contributed by atoms with Crippen molar-refractivity contribution in [2.24, 2.45) is 0 Å². The number of sulfonamides is 1. The predicted molar refractivity (Wildman–Crippen MR) is 103 cm³/mol. The maximum absolute atomic E-state index is 12.5. The fraction of sp³-hybridized carbons (Fsp3) is 0.316. The van der Waals surface area contributed by atoms with E-state index in [1.807, 2.05) is 31.2 Å². The lowest BCUT2D eigenvalue weighted by atomic mass is 10.1. The van der Waals surface area contributed by atoms with Gasteiger partial charge >= 0.3 is 0 Å². The second-order valence-corrected chi connectivity index (χ2v) is 8.18. The molecule has 0 heterocycles. The highest BCUT2D eigenvalue weighted by Crippen LogP contribution is 2.20. The SMILES string of the molecule is CCS(=O)(=O)N(C)c1cccc(C(=O)N[C@H](C)c2ccc(OC)cc2)c1. The summed E-state index contributed by atoms with van der Waals surface area (Å²) in [7, 11) is -0.294. The van der Waals surface area contributed by atoms with Crippen molar-refractivity contribution in [3.8, 4) is 5.75 Å². The van der Waals surface area contributed by atoms with Crippen molar-refractivity contribution < 1.29 is 17.9 Å². The second kappa shape index (κ2) is 8.23. The standard InChI is InChI=1S/C19H24N2O4S/c1-5-26(23,24)21(3)17-8-6-7-16(13-17)19(22)20-14(2)15-9-11-18(25-4)12-10-15/h6-14H,5H2,1-4H3,(H,20,22)/t14-/m1/s1. The van der Waals surface area contributed by atoms with Crippen molar-refractivity contribution in [3.05, 3.63) is 59.7 Å². The summed E-state index contributed by atoms with van der Waals surface area (Å²) in [6.45, 7) is 3.47. The van der Waals surface area contributed by atoms with E-state index >= 15 is 0 Å². The summed E-state index contributed by atoms with van der Waals surface area (Å²) in [4.78, 5) is 12.5. The van der Waals surface area contributed by atoms with Crippen LogP contribution < -0.4 is 14.4 Å². The van der Waals surface area contributed by atoms with E-state index in [4.69, 9.17) is 4.74 Å². The van der Waals surface area contributed by atoms with Crippen LogP contribution in [0.3, 0.4) is 0 Å². The molecule has 0 aromatic heterocycles. The molecular formula is C19H24N2O4S. The minimum atomic E-state index is -3.38. The number of nitrogens with one attached hydrogen (secondary N) is 1. The molecule has 1 N–H and O–H groups in total. The van der Waals surface area contributed by atoms with Crippen molar-refractivity contribution in [3.63, 3.8) is 0 Å². The Bertz CT molecular complexity index is 863. The van der Waals surface area contributed by atoms with Crippen LogP contribution in [0.4, 0.5) is 5.69 Å². The Kier molecular flexibility index (Phi) is 6.26. The highest BCUT2D eigenvalue weighted by atomic mass is 32.2. The lowest BCUT2D eigenvalue weighted by Gasteiger charge is -2.19. The molecule has 7 heteroatoms. The van der Waals surface area contributed by atoms with Gasteiger partial charge in [-0.25, -0.2) is 8.42 Å². The minimum Gasteiger partial charge on any atom is -0.497 e. The van der Waals surface area contributed by atoms with Gasteiger partial charge in [0.05, 0.1) is 24.6 Å². The van der Waals surface area contributed by atoms with E-state index in [1.54, 1.807) is 38.3 Å². The monoisotopic (exact) mass is 376 g/mol. The van der Waals surface area contributed by atoms with Crippen LogP contribution in [0.15, 0.2) is 48.5 Å². The summed E-state index contributed by atoms with van der Waals surface area (Å²) in [6, 6.07) is 13.8. The molecular weight excluding hydrogens is 352 g/mol. The van der Waals surface area contributed by atoms with Crippen LogP contribution in [0.5, 0.6) is 5.75 Å². The Morgan fingerprint density at radius 1 is 1.19 bits per heavy atom. The second-order valence-electron chi connectivity index (χ2n) is 5.89. The molecule has 0 spiro atoms. The number of carbonyl (C=O) groups excluding carboxylic acids is 1. The van der Waals surface area contributed by atoms with Gasteiger partial charge in [0.15, 0.2) is 0 Å². The zero-order valence-electron chi connectivity index (χ0n) is 15.4. The van der Waals surface area contributed by atoms with E-state index in [1.165, 1.54) is 11.4 Å². The molecule has 2 aromatic rings. The van der Waals surface area contributed by atoms with Gasteiger partial charge in [0.25, 0.3) is 5.91 Å². The van der Waals surface area contributed by atoms with Gasteiger partial charge in [-0.2, -0.15) is 0 Å². The summed E-state index contributed by atoms with van der Waals surface area (Å²) < 4.78 is 30.3. The molecule has 0 unspecified atom stereocenters. The smallest absolute Gasteiger partial charge is 0.251 e. The zero-order valence-corrected chi connectivity index (χ0v) is 16.2. The molecule has 0 fully saturated rings. The number of hydrogen-bond donors (Lipinski definition) is 1. The summed E-state index contributed by atoms with van der Waals surface area (Å²) in [6.07, 6.45) is 0. The van der Waals surface area contributed by atoms with Crippen LogP contribution in [-0.2, 0) is 10.0 Å². The van der Waals surface area contributed by atoms with Gasteiger partial charge in [0, 0.05) is 12.6 Å². The number of nitrogens with zero attached hydrogens (tertiary/aromatic N) is 1. The van der Waals surface area contributed by atoms with Crippen LogP contribution in [0.1, 0.15) is 35.8 Å². The van der Waals surface area contributed by atoms with Gasteiger partial charge in [-0.05, 0) is 49.7 Å².